The first-order chi connectivity index (χ1) is 9.17. The number of fused-ring (bicyclic) bond motifs is 2. The standard InChI is InChI=1S/C14H23ClN4/c1-3-12-14(15)13(18(2)17-12)9-19-7-6-10-4-5-11(8-19)16-10/h10-11,16H,3-9H2,1-2H3. The molecule has 0 aliphatic carbocycles. The molecule has 1 N–H and O–H groups in total. The zero-order valence-corrected chi connectivity index (χ0v) is 12.6. The van der Waals surface area contributed by atoms with Crippen molar-refractivity contribution >= 4 is 11.6 Å². The fraction of sp³-hybridized carbons (Fsp3) is 0.786. The van der Waals surface area contributed by atoms with Gasteiger partial charge in [0.2, 0.25) is 0 Å². The van der Waals surface area contributed by atoms with Gasteiger partial charge in [-0.3, -0.25) is 9.58 Å². The minimum Gasteiger partial charge on any atom is -0.310 e. The van der Waals surface area contributed by atoms with Crippen LogP contribution in [0, 0.1) is 0 Å². The molecule has 0 spiro atoms. The lowest BCUT2D eigenvalue weighted by molar-refractivity contribution is 0.245. The van der Waals surface area contributed by atoms with Crippen LogP contribution in [0.4, 0.5) is 0 Å². The number of aromatic nitrogens is 2. The number of rotatable bonds is 3. The predicted molar refractivity (Wildman–Crippen MR) is 77.4 cm³/mol. The third-order valence-electron chi connectivity index (χ3n) is 4.48. The third kappa shape index (κ3) is 2.67. The van der Waals surface area contributed by atoms with Crippen molar-refractivity contribution in [3.63, 3.8) is 0 Å². The zero-order chi connectivity index (χ0) is 13.4. The molecule has 2 aliphatic heterocycles. The molecule has 0 radical (unpaired) electrons. The zero-order valence-electron chi connectivity index (χ0n) is 11.8. The summed E-state index contributed by atoms with van der Waals surface area (Å²) in [6.45, 7) is 5.33. The highest BCUT2D eigenvalue weighted by atomic mass is 35.5. The molecule has 1 aromatic rings. The van der Waals surface area contributed by atoms with E-state index >= 15 is 0 Å². The molecular weight excluding hydrogens is 260 g/mol. The molecule has 0 saturated carbocycles. The Bertz CT molecular complexity index is 457. The summed E-state index contributed by atoms with van der Waals surface area (Å²) in [5.41, 5.74) is 2.19. The first kappa shape index (κ1) is 13.4. The number of hydrogen-bond acceptors (Lipinski definition) is 3. The summed E-state index contributed by atoms with van der Waals surface area (Å²) in [7, 11) is 2.00. The van der Waals surface area contributed by atoms with E-state index in [0.717, 1.165) is 48.5 Å². The largest absolute Gasteiger partial charge is 0.310 e. The molecule has 2 unspecified atom stereocenters. The van der Waals surface area contributed by atoms with E-state index in [4.69, 9.17) is 11.6 Å². The van der Waals surface area contributed by atoms with Crippen LogP contribution in [-0.4, -0.2) is 39.9 Å². The Morgan fingerprint density at radius 3 is 2.84 bits per heavy atom. The predicted octanol–water partition coefficient (Wildman–Crippen LogP) is 1.96. The van der Waals surface area contributed by atoms with Crippen molar-refractivity contribution in [2.45, 2.75) is 51.2 Å². The van der Waals surface area contributed by atoms with Gasteiger partial charge in [-0.25, -0.2) is 0 Å². The Balaban J connectivity index is 1.72. The van der Waals surface area contributed by atoms with Crippen LogP contribution in [0.5, 0.6) is 0 Å². The molecule has 2 bridgehead atoms. The normalized spacial score (nSPS) is 27.7. The molecule has 3 rings (SSSR count). The van der Waals surface area contributed by atoms with Gasteiger partial charge in [-0.1, -0.05) is 18.5 Å². The lowest BCUT2D eigenvalue weighted by atomic mass is 10.1. The molecule has 2 atom stereocenters. The lowest BCUT2D eigenvalue weighted by Gasteiger charge is -2.24. The Hall–Kier alpha value is -0.580. The van der Waals surface area contributed by atoms with Gasteiger partial charge in [0, 0.05) is 38.8 Å². The van der Waals surface area contributed by atoms with Gasteiger partial charge >= 0.3 is 0 Å². The second-order valence-corrected chi connectivity index (χ2v) is 6.22. The van der Waals surface area contributed by atoms with Gasteiger partial charge in [0.15, 0.2) is 0 Å². The molecule has 3 heterocycles. The smallest absolute Gasteiger partial charge is 0.0863 e. The van der Waals surface area contributed by atoms with E-state index in [9.17, 15) is 0 Å². The highest BCUT2D eigenvalue weighted by Crippen LogP contribution is 2.25. The van der Waals surface area contributed by atoms with Gasteiger partial charge in [0.1, 0.15) is 0 Å². The van der Waals surface area contributed by atoms with Crippen LogP contribution in [0.3, 0.4) is 0 Å². The molecule has 2 aliphatic rings. The summed E-state index contributed by atoms with van der Waals surface area (Å²) in [6.07, 6.45) is 4.83. The van der Waals surface area contributed by atoms with Crippen LogP contribution in [-0.2, 0) is 20.0 Å². The average Bonchev–Trinajstić information content (AvgIpc) is 2.85. The van der Waals surface area contributed by atoms with E-state index in [1.807, 2.05) is 11.7 Å². The van der Waals surface area contributed by atoms with E-state index in [2.05, 4.69) is 22.2 Å². The van der Waals surface area contributed by atoms with Crippen LogP contribution >= 0.6 is 11.6 Å². The summed E-state index contributed by atoms with van der Waals surface area (Å²) < 4.78 is 1.96. The second-order valence-electron chi connectivity index (χ2n) is 5.85. The quantitative estimate of drug-likeness (QED) is 0.920. The van der Waals surface area contributed by atoms with E-state index < -0.39 is 0 Å². The van der Waals surface area contributed by atoms with Crippen molar-refractivity contribution in [1.82, 2.24) is 20.0 Å². The van der Waals surface area contributed by atoms with Crippen molar-refractivity contribution < 1.29 is 0 Å². The third-order valence-corrected chi connectivity index (χ3v) is 4.92. The Morgan fingerprint density at radius 1 is 1.32 bits per heavy atom. The maximum absolute atomic E-state index is 6.44. The van der Waals surface area contributed by atoms with Gasteiger partial charge in [0.25, 0.3) is 0 Å². The molecule has 4 nitrogen and oxygen atoms in total. The summed E-state index contributed by atoms with van der Waals surface area (Å²) in [5, 5.41) is 9.09. The lowest BCUT2D eigenvalue weighted by Crippen LogP contribution is -2.35. The molecule has 1 aromatic heterocycles. The minimum atomic E-state index is 0.671. The van der Waals surface area contributed by atoms with E-state index in [-0.39, 0.29) is 0 Å². The van der Waals surface area contributed by atoms with Gasteiger partial charge in [0.05, 0.1) is 16.4 Å². The highest BCUT2D eigenvalue weighted by molar-refractivity contribution is 6.31. The monoisotopic (exact) mass is 282 g/mol. The Labute approximate surface area is 120 Å². The molecule has 19 heavy (non-hydrogen) atoms. The van der Waals surface area contributed by atoms with Gasteiger partial charge in [-0.15, -0.1) is 0 Å². The summed E-state index contributed by atoms with van der Waals surface area (Å²) in [5.74, 6) is 0. The fourth-order valence-electron chi connectivity index (χ4n) is 3.36. The van der Waals surface area contributed by atoms with E-state index in [1.165, 1.54) is 19.3 Å². The minimum absolute atomic E-state index is 0.671. The first-order valence-electron chi connectivity index (χ1n) is 7.36. The number of hydrogen-bond donors (Lipinski definition) is 1. The molecular formula is C14H23ClN4. The van der Waals surface area contributed by atoms with Crippen molar-refractivity contribution in [3.05, 3.63) is 16.4 Å². The summed E-state index contributed by atoms with van der Waals surface area (Å²) in [4.78, 5) is 2.53. The van der Waals surface area contributed by atoms with Crippen molar-refractivity contribution in [1.29, 1.82) is 0 Å². The van der Waals surface area contributed by atoms with Crippen LogP contribution < -0.4 is 5.32 Å². The average molecular weight is 283 g/mol. The van der Waals surface area contributed by atoms with Crippen LogP contribution in [0.15, 0.2) is 0 Å². The summed E-state index contributed by atoms with van der Waals surface area (Å²) >= 11 is 6.44. The number of aryl methyl sites for hydroxylation is 2. The maximum atomic E-state index is 6.44. The highest BCUT2D eigenvalue weighted by Gasteiger charge is 2.29. The molecule has 0 aromatic carbocycles. The molecule has 2 fully saturated rings. The van der Waals surface area contributed by atoms with Gasteiger partial charge in [-0.05, 0) is 25.7 Å². The number of nitrogens with one attached hydrogen (secondary N) is 1. The molecule has 106 valence electrons. The van der Waals surface area contributed by atoms with Crippen LogP contribution in [0.2, 0.25) is 5.02 Å². The molecule has 5 heteroatoms. The Morgan fingerprint density at radius 2 is 2.11 bits per heavy atom. The van der Waals surface area contributed by atoms with E-state index in [0.29, 0.717) is 6.04 Å². The van der Waals surface area contributed by atoms with Crippen molar-refractivity contribution in [2.75, 3.05) is 13.1 Å². The summed E-state index contributed by atoms with van der Waals surface area (Å²) in [6, 6.07) is 1.41. The maximum Gasteiger partial charge on any atom is 0.0863 e. The van der Waals surface area contributed by atoms with Crippen LogP contribution in [0.1, 0.15) is 37.6 Å². The molecule has 2 saturated heterocycles. The topological polar surface area (TPSA) is 33.1 Å². The van der Waals surface area contributed by atoms with Gasteiger partial charge < -0.3 is 5.32 Å². The number of halogens is 1. The van der Waals surface area contributed by atoms with Gasteiger partial charge in [-0.2, -0.15) is 5.10 Å². The van der Waals surface area contributed by atoms with Crippen molar-refractivity contribution in [3.8, 4) is 0 Å². The SMILES string of the molecule is CCc1nn(C)c(CN2CCC3CCC(C2)N3)c1Cl. The number of nitrogens with zero attached hydrogens (tertiary/aromatic N) is 3. The van der Waals surface area contributed by atoms with E-state index in [1.54, 1.807) is 0 Å². The fourth-order valence-corrected chi connectivity index (χ4v) is 3.72. The second kappa shape index (κ2) is 5.43. The Kier molecular flexibility index (Phi) is 3.83. The van der Waals surface area contributed by atoms with Crippen LogP contribution in [0.25, 0.3) is 0 Å². The molecule has 0 amide bonds. The van der Waals surface area contributed by atoms with Crippen molar-refractivity contribution in [2.24, 2.45) is 7.05 Å². The first-order valence-corrected chi connectivity index (χ1v) is 7.73. The number of likely N-dealkylation sites (tertiary alicyclic amines) is 1.